The lowest BCUT2D eigenvalue weighted by Crippen LogP contribution is -2.51. The maximum absolute atomic E-state index is 12.1. The predicted octanol–water partition coefficient (Wildman–Crippen LogP) is 1.18. The number of carbonyl (C=O) groups excluding carboxylic acids is 4. The highest BCUT2D eigenvalue weighted by Gasteiger charge is 2.39. The lowest BCUT2D eigenvalue weighted by Gasteiger charge is -2.35. The molecule has 38 heavy (non-hydrogen) atoms. The number of rotatable bonds is 11. The summed E-state index contributed by atoms with van der Waals surface area (Å²) in [5.74, 6) is -2.98. The van der Waals surface area contributed by atoms with Gasteiger partial charge in [0.2, 0.25) is 0 Å². The molecular weight excluding hydrogens is 502 g/mol. The molecule has 0 aliphatic heterocycles. The molecular formula is C25H31N3O10. The summed E-state index contributed by atoms with van der Waals surface area (Å²) < 4.78 is 21.2. The van der Waals surface area contributed by atoms with Gasteiger partial charge in [-0.25, -0.2) is 4.79 Å². The zero-order chi connectivity index (χ0) is 28.6. The van der Waals surface area contributed by atoms with Crippen LogP contribution < -0.4 is 16.1 Å². The number of benzene rings is 1. The van der Waals surface area contributed by atoms with Crippen molar-refractivity contribution in [3.63, 3.8) is 0 Å². The molecule has 0 saturated carbocycles. The molecule has 0 aliphatic rings. The van der Waals surface area contributed by atoms with Gasteiger partial charge in [-0.3, -0.25) is 33.9 Å². The third kappa shape index (κ3) is 8.91. The van der Waals surface area contributed by atoms with E-state index in [9.17, 15) is 28.8 Å². The molecule has 0 bridgehead atoms. The number of aromatic nitrogens is 2. The third-order valence-corrected chi connectivity index (χ3v) is 5.32. The highest BCUT2D eigenvalue weighted by Crippen LogP contribution is 2.27. The quantitative estimate of drug-likeness (QED) is 0.313. The van der Waals surface area contributed by atoms with E-state index >= 15 is 0 Å². The average molecular weight is 534 g/mol. The molecule has 13 nitrogen and oxygen atoms in total. The Balaban J connectivity index is 2.68. The molecule has 0 aliphatic carbocycles. The van der Waals surface area contributed by atoms with E-state index in [0.717, 1.165) is 44.9 Å². The first-order valence-corrected chi connectivity index (χ1v) is 11.6. The van der Waals surface area contributed by atoms with Crippen LogP contribution >= 0.6 is 0 Å². The molecule has 3 atom stereocenters. The SMILES string of the molecule is CC(=O)OC[C@H](OC(C)=O)[C@@H](OC(C)=O)[C@H](CN(c1ccc(C)c(C)c1)c1cc(=O)[nH]c(=O)[nH]1)OC(C)=O. The van der Waals surface area contributed by atoms with Crippen LogP contribution in [0, 0.1) is 13.8 Å². The maximum Gasteiger partial charge on any atom is 0.327 e. The minimum Gasteiger partial charge on any atom is -0.462 e. The smallest absolute Gasteiger partial charge is 0.327 e. The summed E-state index contributed by atoms with van der Waals surface area (Å²) in [6, 6.07) is 6.44. The Kier molecular flexibility index (Phi) is 10.4. The highest BCUT2D eigenvalue weighted by atomic mass is 16.6. The van der Waals surface area contributed by atoms with Crippen LogP contribution in [0.5, 0.6) is 0 Å². The van der Waals surface area contributed by atoms with E-state index in [0.29, 0.717) is 5.69 Å². The first-order chi connectivity index (χ1) is 17.8. The van der Waals surface area contributed by atoms with Crippen molar-refractivity contribution in [3.8, 4) is 0 Å². The topological polar surface area (TPSA) is 174 Å². The van der Waals surface area contributed by atoms with E-state index in [1.807, 2.05) is 19.9 Å². The Labute approximate surface area is 218 Å². The second-order valence-electron chi connectivity index (χ2n) is 8.52. The molecule has 13 heteroatoms. The number of carbonyl (C=O) groups is 4. The van der Waals surface area contributed by atoms with Gasteiger partial charge in [0.25, 0.3) is 5.56 Å². The molecule has 2 aromatic rings. The van der Waals surface area contributed by atoms with Gasteiger partial charge < -0.3 is 23.8 Å². The molecule has 2 N–H and O–H groups in total. The zero-order valence-electron chi connectivity index (χ0n) is 22.0. The number of esters is 4. The van der Waals surface area contributed by atoms with Crippen LogP contribution in [0.2, 0.25) is 0 Å². The zero-order valence-corrected chi connectivity index (χ0v) is 22.0. The summed E-state index contributed by atoms with van der Waals surface area (Å²) in [6.45, 7) is 7.44. The molecule has 0 spiro atoms. The molecule has 206 valence electrons. The van der Waals surface area contributed by atoms with Gasteiger partial charge in [0, 0.05) is 39.4 Å². The number of hydrogen-bond donors (Lipinski definition) is 2. The van der Waals surface area contributed by atoms with Crippen molar-refractivity contribution < 1.29 is 38.1 Å². The number of H-pyrrole nitrogens is 2. The van der Waals surface area contributed by atoms with Gasteiger partial charge in [0.1, 0.15) is 12.4 Å². The van der Waals surface area contributed by atoms with E-state index in [1.54, 1.807) is 12.1 Å². The lowest BCUT2D eigenvalue weighted by atomic mass is 10.0. The van der Waals surface area contributed by atoms with Gasteiger partial charge >= 0.3 is 29.6 Å². The van der Waals surface area contributed by atoms with Crippen molar-refractivity contribution in [2.75, 3.05) is 18.1 Å². The summed E-state index contributed by atoms with van der Waals surface area (Å²) >= 11 is 0. The van der Waals surface area contributed by atoms with Crippen LogP contribution in [0.15, 0.2) is 33.9 Å². The van der Waals surface area contributed by atoms with Gasteiger partial charge in [0.05, 0.1) is 6.54 Å². The number of hydrogen-bond acceptors (Lipinski definition) is 11. The molecule has 2 rings (SSSR count). The monoisotopic (exact) mass is 533 g/mol. The van der Waals surface area contributed by atoms with E-state index < -0.39 is 60.0 Å². The second-order valence-corrected chi connectivity index (χ2v) is 8.52. The van der Waals surface area contributed by atoms with Crippen molar-refractivity contribution in [1.29, 1.82) is 0 Å². The van der Waals surface area contributed by atoms with E-state index in [2.05, 4.69) is 9.97 Å². The number of ether oxygens (including phenoxy) is 4. The summed E-state index contributed by atoms with van der Waals surface area (Å²) in [4.78, 5) is 77.8. The molecule has 0 unspecified atom stereocenters. The first-order valence-electron chi connectivity index (χ1n) is 11.6. The fraction of sp³-hybridized carbons (Fsp3) is 0.440. The summed E-state index contributed by atoms with van der Waals surface area (Å²) in [6.07, 6.45) is -4.13. The van der Waals surface area contributed by atoms with Crippen molar-refractivity contribution >= 4 is 35.4 Å². The van der Waals surface area contributed by atoms with Gasteiger partial charge in [-0.2, -0.15) is 0 Å². The second kappa shape index (κ2) is 13.2. The van der Waals surface area contributed by atoms with Gasteiger partial charge in [-0.15, -0.1) is 0 Å². The average Bonchev–Trinajstić information content (AvgIpc) is 2.78. The van der Waals surface area contributed by atoms with Gasteiger partial charge in [-0.1, -0.05) is 6.07 Å². The molecule has 0 amide bonds. The van der Waals surface area contributed by atoms with Crippen LogP contribution in [0.1, 0.15) is 38.8 Å². The number of aromatic amines is 2. The van der Waals surface area contributed by atoms with E-state index in [4.69, 9.17) is 18.9 Å². The Morgan fingerprint density at radius 2 is 1.39 bits per heavy atom. The van der Waals surface area contributed by atoms with Crippen LogP contribution in [-0.4, -0.2) is 65.3 Å². The number of nitrogens with one attached hydrogen (secondary N) is 2. The molecule has 1 heterocycles. The Morgan fingerprint density at radius 3 is 1.92 bits per heavy atom. The predicted molar refractivity (Wildman–Crippen MR) is 134 cm³/mol. The first kappa shape index (κ1) is 29.8. The summed E-state index contributed by atoms with van der Waals surface area (Å²) in [5, 5.41) is 0. The summed E-state index contributed by atoms with van der Waals surface area (Å²) in [7, 11) is 0. The van der Waals surface area contributed by atoms with E-state index in [1.165, 1.54) is 4.90 Å². The number of anilines is 2. The minimum atomic E-state index is -1.44. The molecule has 1 aromatic heterocycles. The lowest BCUT2D eigenvalue weighted by molar-refractivity contribution is -0.188. The van der Waals surface area contributed by atoms with E-state index in [-0.39, 0.29) is 12.4 Å². The van der Waals surface area contributed by atoms with Crippen molar-refractivity contribution in [2.45, 2.75) is 59.9 Å². The highest BCUT2D eigenvalue weighted by molar-refractivity contribution is 5.69. The summed E-state index contributed by atoms with van der Waals surface area (Å²) in [5.41, 5.74) is 0.879. The fourth-order valence-corrected chi connectivity index (χ4v) is 3.63. The van der Waals surface area contributed by atoms with Crippen molar-refractivity contribution in [3.05, 3.63) is 56.2 Å². The Morgan fingerprint density at radius 1 is 0.789 bits per heavy atom. The van der Waals surface area contributed by atoms with Gasteiger partial charge in [-0.05, 0) is 37.1 Å². The normalized spacial score (nSPS) is 13.0. The largest absolute Gasteiger partial charge is 0.462 e. The van der Waals surface area contributed by atoms with Crippen LogP contribution in [0.25, 0.3) is 0 Å². The van der Waals surface area contributed by atoms with Crippen molar-refractivity contribution in [1.82, 2.24) is 9.97 Å². The minimum absolute atomic E-state index is 0.0461. The molecule has 0 saturated heterocycles. The number of aryl methyl sites for hydroxylation is 2. The molecule has 1 aromatic carbocycles. The van der Waals surface area contributed by atoms with Crippen LogP contribution in [0.3, 0.4) is 0 Å². The fourth-order valence-electron chi connectivity index (χ4n) is 3.63. The third-order valence-electron chi connectivity index (χ3n) is 5.32. The molecule has 0 fully saturated rings. The maximum atomic E-state index is 12.1. The number of nitrogens with zero attached hydrogens (tertiary/aromatic N) is 1. The van der Waals surface area contributed by atoms with Crippen LogP contribution in [0.4, 0.5) is 11.5 Å². The standard InChI is InChI=1S/C25H31N3O10/c1-13-7-8-19(9-14(13)2)28(22-10-23(33)27-25(34)26-22)11-20(36-16(4)30)24(38-18(6)32)21(37-17(5)31)12-35-15(3)29/h7-10,20-21,24H,11-12H2,1-6H3,(H2,26,27,33,34)/t20-,21-,24-/m0/s1. The Bertz CT molecular complexity index is 1270. The molecule has 0 radical (unpaired) electrons. The van der Waals surface area contributed by atoms with Crippen molar-refractivity contribution in [2.24, 2.45) is 0 Å². The Hall–Kier alpha value is -4.42. The van der Waals surface area contributed by atoms with Crippen LogP contribution in [-0.2, 0) is 38.1 Å². The van der Waals surface area contributed by atoms with Gasteiger partial charge in [0.15, 0.2) is 18.3 Å².